The van der Waals surface area contributed by atoms with Crippen molar-refractivity contribution in [2.75, 3.05) is 6.54 Å². The van der Waals surface area contributed by atoms with Gasteiger partial charge in [-0.1, -0.05) is 12.1 Å². The molecule has 1 amide bonds. The van der Waals surface area contributed by atoms with E-state index >= 15 is 0 Å². The van der Waals surface area contributed by atoms with Crippen molar-refractivity contribution in [1.82, 2.24) is 19.3 Å². The minimum atomic E-state index is 0.0314. The number of rotatable bonds is 1. The second-order valence-electron chi connectivity index (χ2n) is 7.01. The fourth-order valence-corrected chi connectivity index (χ4v) is 4.13. The highest BCUT2D eigenvalue weighted by Crippen LogP contribution is 2.28. The van der Waals surface area contributed by atoms with Gasteiger partial charge in [0.25, 0.3) is 5.91 Å². The molecule has 126 valence electrons. The Bertz CT molecular complexity index is 975. The molecule has 0 saturated carbocycles. The number of imidazole rings is 1. The third kappa shape index (κ3) is 2.42. The quantitative estimate of drug-likeness (QED) is 0.688. The average molecular weight is 332 g/mol. The predicted octanol–water partition coefficient (Wildman–Crippen LogP) is 2.81. The molecule has 1 aliphatic carbocycles. The Balaban J connectivity index is 1.46. The van der Waals surface area contributed by atoms with E-state index in [1.165, 1.54) is 47.9 Å². The number of hydrogen-bond donors (Lipinski definition) is 0. The smallest absolute Gasteiger partial charge is 0.272 e. The molecule has 0 radical (unpaired) electrons. The van der Waals surface area contributed by atoms with Crippen LogP contribution < -0.4 is 0 Å². The van der Waals surface area contributed by atoms with Crippen LogP contribution in [-0.4, -0.2) is 31.7 Å². The number of carbonyl (C=O) groups is 1. The molecule has 0 unspecified atom stereocenters. The molecule has 5 nitrogen and oxygen atoms in total. The lowest BCUT2D eigenvalue weighted by molar-refractivity contribution is 0.0727. The zero-order valence-electron chi connectivity index (χ0n) is 14.1. The van der Waals surface area contributed by atoms with Crippen LogP contribution in [0.25, 0.3) is 5.78 Å². The van der Waals surface area contributed by atoms with Crippen LogP contribution in [0.1, 0.15) is 45.6 Å². The van der Waals surface area contributed by atoms with Gasteiger partial charge in [0.05, 0.1) is 6.20 Å². The molecule has 5 heteroatoms. The number of amides is 1. The van der Waals surface area contributed by atoms with Gasteiger partial charge in [-0.3, -0.25) is 9.20 Å². The van der Waals surface area contributed by atoms with Gasteiger partial charge >= 0.3 is 0 Å². The monoisotopic (exact) mass is 332 g/mol. The third-order valence-corrected chi connectivity index (χ3v) is 5.47. The van der Waals surface area contributed by atoms with Crippen molar-refractivity contribution in [3.8, 4) is 0 Å². The van der Waals surface area contributed by atoms with Gasteiger partial charge < -0.3 is 4.90 Å². The van der Waals surface area contributed by atoms with Gasteiger partial charge in [-0.05, 0) is 60.4 Å². The first-order valence-corrected chi connectivity index (χ1v) is 9.00. The Morgan fingerprint density at radius 3 is 2.56 bits per heavy atom. The number of carbonyl (C=O) groups excluding carboxylic acids is 1. The van der Waals surface area contributed by atoms with Gasteiger partial charge in [0.1, 0.15) is 5.69 Å². The van der Waals surface area contributed by atoms with E-state index in [9.17, 15) is 4.79 Å². The normalized spacial score (nSPS) is 16.6. The van der Waals surface area contributed by atoms with Crippen molar-refractivity contribution in [3.05, 3.63) is 64.7 Å². The van der Waals surface area contributed by atoms with Crippen LogP contribution in [0.3, 0.4) is 0 Å². The Kier molecular flexibility index (Phi) is 3.33. The highest BCUT2D eigenvalue weighted by Gasteiger charge is 2.25. The van der Waals surface area contributed by atoms with Crippen LogP contribution in [0.15, 0.2) is 36.8 Å². The van der Waals surface area contributed by atoms with Crippen LogP contribution in [-0.2, 0) is 25.8 Å². The lowest BCUT2D eigenvalue weighted by Gasteiger charge is -2.30. The van der Waals surface area contributed by atoms with Crippen molar-refractivity contribution in [1.29, 1.82) is 0 Å². The van der Waals surface area contributed by atoms with Gasteiger partial charge in [-0.25, -0.2) is 9.97 Å². The van der Waals surface area contributed by atoms with Gasteiger partial charge in [0.2, 0.25) is 5.78 Å². The number of aromatic nitrogens is 3. The largest absolute Gasteiger partial charge is 0.333 e. The van der Waals surface area contributed by atoms with E-state index in [-0.39, 0.29) is 5.91 Å². The number of fused-ring (bicyclic) bond motifs is 3. The van der Waals surface area contributed by atoms with Crippen molar-refractivity contribution in [2.45, 2.75) is 38.6 Å². The van der Waals surface area contributed by atoms with Crippen LogP contribution in [0.2, 0.25) is 0 Å². The molecule has 0 saturated heterocycles. The summed E-state index contributed by atoms with van der Waals surface area (Å²) < 4.78 is 1.77. The SMILES string of the molecule is O=C(c1cnc2ncccn12)N1CCc2cc3c(cc2C1)CCCC3. The first kappa shape index (κ1) is 14.6. The van der Waals surface area contributed by atoms with E-state index in [1.54, 1.807) is 16.8 Å². The molecule has 0 spiro atoms. The maximum absolute atomic E-state index is 13.0. The molecular formula is C20H20N4O. The fourth-order valence-electron chi connectivity index (χ4n) is 4.13. The lowest BCUT2D eigenvalue weighted by Crippen LogP contribution is -2.36. The third-order valence-electron chi connectivity index (χ3n) is 5.47. The molecular weight excluding hydrogens is 312 g/mol. The number of aryl methyl sites for hydroxylation is 2. The van der Waals surface area contributed by atoms with Crippen molar-refractivity contribution < 1.29 is 4.79 Å². The number of benzene rings is 1. The summed E-state index contributed by atoms with van der Waals surface area (Å²) in [7, 11) is 0. The van der Waals surface area contributed by atoms with E-state index in [0.29, 0.717) is 18.0 Å². The molecule has 2 aromatic heterocycles. The van der Waals surface area contributed by atoms with Gasteiger partial charge in [0, 0.05) is 25.5 Å². The number of hydrogen-bond acceptors (Lipinski definition) is 3. The summed E-state index contributed by atoms with van der Waals surface area (Å²) in [4.78, 5) is 23.4. The lowest BCUT2D eigenvalue weighted by atomic mass is 9.86. The van der Waals surface area contributed by atoms with E-state index in [1.807, 2.05) is 17.2 Å². The van der Waals surface area contributed by atoms with Crippen molar-refractivity contribution in [3.63, 3.8) is 0 Å². The van der Waals surface area contributed by atoms with Crippen LogP contribution in [0, 0.1) is 0 Å². The molecule has 0 atom stereocenters. The molecule has 1 aliphatic heterocycles. The highest BCUT2D eigenvalue weighted by molar-refractivity contribution is 5.93. The molecule has 1 aromatic carbocycles. The van der Waals surface area contributed by atoms with E-state index in [0.717, 1.165) is 13.0 Å². The predicted molar refractivity (Wildman–Crippen MR) is 94.5 cm³/mol. The maximum Gasteiger partial charge on any atom is 0.272 e. The molecule has 2 aliphatic rings. The molecule has 3 heterocycles. The second kappa shape index (κ2) is 5.69. The summed E-state index contributed by atoms with van der Waals surface area (Å²) >= 11 is 0. The number of nitrogens with zero attached hydrogens (tertiary/aromatic N) is 4. The second-order valence-corrected chi connectivity index (χ2v) is 7.01. The molecule has 3 aromatic rings. The standard InChI is InChI=1S/C20H20N4O/c25-19(18-12-22-20-21-7-3-8-24(18)20)23-9-6-16-10-14-4-1-2-5-15(14)11-17(16)13-23/h3,7-8,10-12H,1-2,4-6,9,13H2. The summed E-state index contributed by atoms with van der Waals surface area (Å²) in [6.45, 7) is 1.45. The molecule has 0 fully saturated rings. The fraction of sp³-hybridized carbons (Fsp3) is 0.350. The first-order chi connectivity index (χ1) is 12.3. The summed E-state index contributed by atoms with van der Waals surface area (Å²) in [6.07, 6.45) is 11.1. The Morgan fingerprint density at radius 2 is 1.72 bits per heavy atom. The van der Waals surface area contributed by atoms with Gasteiger partial charge in [-0.2, -0.15) is 0 Å². The minimum Gasteiger partial charge on any atom is -0.333 e. The maximum atomic E-state index is 13.0. The van der Waals surface area contributed by atoms with E-state index in [2.05, 4.69) is 22.1 Å². The molecule has 5 rings (SSSR count). The van der Waals surface area contributed by atoms with Crippen molar-refractivity contribution >= 4 is 11.7 Å². The topological polar surface area (TPSA) is 50.5 Å². The Labute approximate surface area is 146 Å². The Morgan fingerprint density at radius 1 is 0.960 bits per heavy atom. The first-order valence-electron chi connectivity index (χ1n) is 9.00. The summed E-state index contributed by atoms with van der Waals surface area (Å²) in [5.74, 6) is 0.598. The van der Waals surface area contributed by atoms with E-state index in [4.69, 9.17) is 0 Å². The summed E-state index contributed by atoms with van der Waals surface area (Å²) in [5.41, 5.74) is 6.33. The molecule has 0 N–H and O–H groups in total. The minimum absolute atomic E-state index is 0.0314. The highest BCUT2D eigenvalue weighted by atomic mass is 16.2. The van der Waals surface area contributed by atoms with Crippen LogP contribution in [0.5, 0.6) is 0 Å². The van der Waals surface area contributed by atoms with Crippen LogP contribution >= 0.6 is 0 Å². The van der Waals surface area contributed by atoms with E-state index < -0.39 is 0 Å². The molecule has 25 heavy (non-hydrogen) atoms. The summed E-state index contributed by atoms with van der Waals surface area (Å²) in [5, 5.41) is 0. The average Bonchev–Trinajstić information content (AvgIpc) is 3.09. The Hall–Kier alpha value is -2.69. The van der Waals surface area contributed by atoms with Crippen molar-refractivity contribution in [2.24, 2.45) is 0 Å². The molecule has 0 bridgehead atoms. The van der Waals surface area contributed by atoms with Gasteiger partial charge in [0.15, 0.2) is 0 Å². The zero-order chi connectivity index (χ0) is 16.8. The summed E-state index contributed by atoms with van der Waals surface area (Å²) in [6, 6.07) is 6.56. The van der Waals surface area contributed by atoms with Crippen LogP contribution in [0.4, 0.5) is 0 Å². The van der Waals surface area contributed by atoms with Gasteiger partial charge in [-0.15, -0.1) is 0 Å². The zero-order valence-corrected chi connectivity index (χ0v) is 14.1.